The largest absolute Gasteiger partial charge is 0.371 e. The number of aromatic nitrogens is 2. The van der Waals surface area contributed by atoms with Gasteiger partial charge in [0.2, 0.25) is 5.95 Å². The fourth-order valence-corrected chi connectivity index (χ4v) is 3.99. The van der Waals surface area contributed by atoms with Crippen LogP contribution in [-0.2, 0) is 4.74 Å². The van der Waals surface area contributed by atoms with Gasteiger partial charge >= 0.3 is 0 Å². The quantitative estimate of drug-likeness (QED) is 0.932. The van der Waals surface area contributed by atoms with Crippen molar-refractivity contribution in [2.45, 2.75) is 24.5 Å². The predicted molar refractivity (Wildman–Crippen MR) is 87.6 cm³/mol. The van der Waals surface area contributed by atoms with E-state index >= 15 is 0 Å². The minimum Gasteiger partial charge on any atom is -0.371 e. The van der Waals surface area contributed by atoms with E-state index in [4.69, 9.17) is 4.74 Å². The topological polar surface area (TPSA) is 67.4 Å². The molecule has 1 amide bonds. The number of nitrogens with one attached hydrogen (secondary N) is 1. The molecule has 6 nitrogen and oxygen atoms in total. The van der Waals surface area contributed by atoms with Crippen molar-refractivity contribution >= 4 is 23.2 Å². The first-order valence-corrected chi connectivity index (χ1v) is 8.67. The van der Waals surface area contributed by atoms with E-state index in [1.165, 1.54) is 0 Å². The molecule has 4 rings (SSSR count). The van der Waals surface area contributed by atoms with E-state index in [1.54, 1.807) is 29.8 Å². The second kappa shape index (κ2) is 5.90. The number of hydrogen-bond acceptors (Lipinski definition) is 6. The lowest BCUT2D eigenvalue weighted by Crippen LogP contribution is -2.36. The van der Waals surface area contributed by atoms with Gasteiger partial charge in [0.15, 0.2) is 0 Å². The van der Waals surface area contributed by atoms with Crippen molar-refractivity contribution in [1.82, 2.24) is 14.9 Å². The Morgan fingerprint density at radius 2 is 2.30 bits per heavy atom. The first kappa shape index (κ1) is 14.6. The maximum atomic E-state index is 12.5. The van der Waals surface area contributed by atoms with Gasteiger partial charge < -0.3 is 15.0 Å². The van der Waals surface area contributed by atoms with Crippen molar-refractivity contribution in [3.63, 3.8) is 0 Å². The molecule has 1 N–H and O–H groups in total. The number of hydrogen-bond donors (Lipinski definition) is 1. The highest BCUT2D eigenvalue weighted by atomic mass is 32.1. The smallest absolute Gasteiger partial charge is 0.254 e. The molecule has 0 radical (unpaired) electrons. The van der Waals surface area contributed by atoms with Crippen LogP contribution in [0.2, 0.25) is 0 Å². The van der Waals surface area contributed by atoms with Crippen molar-refractivity contribution in [3.05, 3.63) is 40.8 Å². The molecule has 2 aliphatic heterocycles. The molecule has 2 atom stereocenters. The zero-order valence-electron chi connectivity index (χ0n) is 12.6. The highest BCUT2D eigenvalue weighted by Crippen LogP contribution is 2.36. The zero-order chi connectivity index (χ0) is 15.7. The number of nitrogens with zero attached hydrogens (tertiary/aromatic N) is 3. The van der Waals surface area contributed by atoms with Crippen LogP contribution in [0.5, 0.6) is 0 Å². The number of thiophene rings is 1. The lowest BCUT2D eigenvalue weighted by Gasteiger charge is -2.23. The molecule has 1 spiro atoms. The molecule has 120 valence electrons. The molecule has 0 aromatic carbocycles. The van der Waals surface area contributed by atoms with Crippen LogP contribution >= 0.6 is 11.3 Å². The highest BCUT2D eigenvalue weighted by Gasteiger charge is 2.47. The summed E-state index contributed by atoms with van der Waals surface area (Å²) >= 11 is 1.55. The summed E-state index contributed by atoms with van der Waals surface area (Å²) in [6, 6.07) is 3.86. The van der Waals surface area contributed by atoms with Gasteiger partial charge in [-0.05, 0) is 23.9 Å². The number of carbonyl (C=O) groups is 1. The maximum absolute atomic E-state index is 12.5. The lowest BCUT2D eigenvalue weighted by molar-refractivity contribution is 0.0125. The first-order chi connectivity index (χ1) is 11.2. The van der Waals surface area contributed by atoms with Crippen LogP contribution in [-0.4, -0.2) is 52.1 Å². The molecule has 0 saturated carbocycles. The van der Waals surface area contributed by atoms with Crippen LogP contribution in [0.15, 0.2) is 35.3 Å². The molecule has 2 saturated heterocycles. The van der Waals surface area contributed by atoms with Gasteiger partial charge in [-0.2, -0.15) is 11.3 Å². The fourth-order valence-electron chi connectivity index (χ4n) is 3.36. The first-order valence-electron chi connectivity index (χ1n) is 7.73. The third kappa shape index (κ3) is 2.94. The molecule has 2 aromatic heterocycles. The molecule has 0 bridgehead atoms. The molecule has 7 heteroatoms. The summed E-state index contributed by atoms with van der Waals surface area (Å²) < 4.78 is 6.07. The standard InChI is InChI=1S/C16H18N4O2S/c21-14(12-2-7-23-10-12)20-6-3-16(11-20)8-13(9-22-16)19-15-17-4-1-5-18-15/h1-2,4-5,7,10,13H,3,6,8-9,11H2,(H,17,18,19)/t13-,16+/m1/s1. The Labute approximate surface area is 138 Å². The van der Waals surface area contributed by atoms with Gasteiger partial charge in [-0.15, -0.1) is 0 Å². The molecule has 23 heavy (non-hydrogen) atoms. The van der Waals surface area contributed by atoms with Crippen LogP contribution in [0.25, 0.3) is 0 Å². The van der Waals surface area contributed by atoms with Crippen LogP contribution in [0, 0.1) is 0 Å². The van der Waals surface area contributed by atoms with E-state index < -0.39 is 0 Å². The minimum absolute atomic E-state index is 0.106. The van der Waals surface area contributed by atoms with Gasteiger partial charge in [0.25, 0.3) is 5.91 Å². The summed E-state index contributed by atoms with van der Waals surface area (Å²) in [5.41, 5.74) is 0.551. The van der Waals surface area contributed by atoms with Crippen molar-refractivity contribution in [2.75, 3.05) is 25.0 Å². The van der Waals surface area contributed by atoms with Crippen molar-refractivity contribution in [2.24, 2.45) is 0 Å². The SMILES string of the molecule is O=C(c1ccsc1)N1CC[C@]2(C[C@@H](Nc3ncccn3)CO2)C1. The van der Waals surface area contributed by atoms with E-state index in [0.29, 0.717) is 19.1 Å². The molecule has 4 heterocycles. The molecular weight excluding hydrogens is 312 g/mol. The number of carbonyl (C=O) groups excluding carboxylic acids is 1. The summed E-state index contributed by atoms with van der Waals surface area (Å²) in [4.78, 5) is 22.8. The summed E-state index contributed by atoms with van der Waals surface area (Å²) in [6.45, 7) is 2.04. The van der Waals surface area contributed by atoms with E-state index in [2.05, 4.69) is 15.3 Å². The van der Waals surface area contributed by atoms with E-state index in [1.807, 2.05) is 21.7 Å². The second-order valence-corrected chi connectivity index (χ2v) is 6.88. The lowest BCUT2D eigenvalue weighted by atomic mass is 9.97. The Hall–Kier alpha value is -1.99. The van der Waals surface area contributed by atoms with Crippen LogP contribution in [0.4, 0.5) is 5.95 Å². The molecule has 0 unspecified atom stereocenters. The summed E-state index contributed by atoms with van der Waals surface area (Å²) in [5.74, 6) is 0.733. The molecule has 0 aliphatic carbocycles. The Morgan fingerprint density at radius 3 is 3.09 bits per heavy atom. The van der Waals surface area contributed by atoms with Crippen LogP contribution < -0.4 is 5.32 Å². The normalized spacial score (nSPS) is 26.8. The minimum atomic E-state index is -0.224. The van der Waals surface area contributed by atoms with Gasteiger partial charge in [0.05, 0.1) is 30.4 Å². The van der Waals surface area contributed by atoms with Crippen molar-refractivity contribution in [1.29, 1.82) is 0 Å². The average Bonchev–Trinajstić information content (AvgIpc) is 3.31. The monoisotopic (exact) mass is 330 g/mol. The number of ether oxygens (including phenoxy) is 1. The Kier molecular flexibility index (Phi) is 3.74. The van der Waals surface area contributed by atoms with Crippen LogP contribution in [0.3, 0.4) is 0 Å². The summed E-state index contributed by atoms with van der Waals surface area (Å²) in [7, 11) is 0. The third-order valence-corrected chi connectivity index (χ3v) is 5.16. The van der Waals surface area contributed by atoms with E-state index in [9.17, 15) is 4.79 Å². The molecular formula is C16H18N4O2S. The van der Waals surface area contributed by atoms with Gasteiger partial charge in [-0.3, -0.25) is 4.79 Å². The number of anilines is 1. The number of amides is 1. The maximum Gasteiger partial charge on any atom is 0.254 e. The van der Waals surface area contributed by atoms with Crippen molar-refractivity contribution in [3.8, 4) is 0 Å². The third-order valence-electron chi connectivity index (χ3n) is 4.48. The summed E-state index contributed by atoms with van der Waals surface area (Å²) in [5, 5.41) is 7.15. The van der Waals surface area contributed by atoms with Gasteiger partial charge in [-0.25, -0.2) is 9.97 Å². The Bertz CT molecular complexity index is 679. The Balaban J connectivity index is 1.38. The predicted octanol–water partition coefficient (Wildman–Crippen LogP) is 2.02. The van der Waals surface area contributed by atoms with E-state index in [-0.39, 0.29) is 17.6 Å². The van der Waals surface area contributed by atoms with Gasteiger partial charge in [0, 0.05) is 30.7 Å². The number of likely N-dealkylation sites (tertiary alicyclic amines) is 1. The molecule has 2 aromatic rings. The zero-order valence-corrected chi connectivity index (χ0v) is 13.5. The second-order valence-electron chi connectivity index (χ2n) is 6.10. The Morgan fingerprint density at radius 1 is 1.43 bits per heavy atom. The molecule has 2 aliphatic rings. The van der Waals surface area contributed by atoms with Crippen LogP contribution in [0.1, 0.15) is 23.2 Å². The number of rotatable bonds is 3. The van der Waals surface area contributed by atoms with E-state index in [0.717, 1.165) is 24.9 Å². The van der Waals surface area contributed by atoms with Gasteiger partial charge in [0.1, 0.15) is 0 Å². The average molecular weight is 330 g/mol. The fraction of sp³-hybridized carbons (Fsp3) is 0.438. The van der Waals surface area contributed by atoms with Crippen molar-refractivity contribution < 1.29 is 9.53 Å². The summed E-state index contributed by atoms with van der Waals surface area (Å²) in [6.07, 6.45) is 5.20. The molecule has 2 fully saturated rings. The van der Waals surface area contributed by atoms with Gasteiger partial charge in [-0.1, -0.05) is 0 Å². The highest BCUT2D eigenvalue weighted by molar-refractivity contribution is 7.08.